The van der Waals surface area contributed by atoms with Crippen LogP contribution in [0, 0.1) is 0 Å². The lowest BCUT2D eigenvalue weighted by atomic mass is 10.0. The zero-order valence-electron chi connectivity index (χ0n) is 9.66. The molecule has 0 aliphatic carbocycles. The Morgan fingerprint density at radius 1 is 1.53 bits per heavy atom. The third-order valence-corrected chi connectivity index (χ3v) is 1.90. The van der Waals surface area contributed by atoms with Gasteiger partial charge in [0.05, 0.1) is 24.7 Å². The average Bonchev–Trinajstić information content (AvgIpc) is 2.21. The Kier molecular flexibility index (Phi) is 8.94. The van der Waals surface area contributed by atoms with E-state index in [0.29, 0.717) is 26.1 Å². The number of carbonyl (C=O) groups excluding carboxylic acids is 1. The van der Waals surface area contributed by atoms with Gasteiger partial charge in [0, 0.05) is 6.61 Å². The van der Waals surface area contributed by atoms with Crippen molar-refractivity contribution in [2.24, 2.45) is 0 Å². The fourth-order valence-corrected chi connectivity index (χ4v) is 1.06. The summed E-state index contributed by atoms with van der Waals surface area (Å²) in [6.45, 7) is 5.29. The smallest absolute Gasteiger partial charge is 0.212 e. The Morgan fingerprint density at radius 3 is 2.67 bits per heavy atom. The average molecular weight is 233 g/mol. The molecule has 4 nitrogen and oxygen atoms in total. The molecule has 1 amide bonds. The van der Waals surface area contributed by atoms with E-state index in [1.54, 1.807) is 0 Å². The Morgan fingerprint density at radius 2 is 2.20 bits per heavy atom. The molecule has 0 fully saturated rings. The number of carbonyl (C=O) groups is 1. The van der Waals surface area contributed by atoms with E-state index >= 15 is 0 Å². The zero-order valence-corrected chi connectivity index (χ0v) is 10.5. The van der Waals surface area contributed by atoms with Gasteiger partial charge in [0.2, 0.25) is 5.91 Å². The van der Waals surface area contributed by atoms with Gasteiger partial charge in [0.1, 0.15) is 7.85 Å². The van der Waals surface area contributed by atoms with Gasteiger partial charge in [-0.25, -0.2) is 0 Å². The molecule has 88 valence electrons. The minimum absolute atomic E-state index is 0.00937. The lowest BCUT2D eigenvalue weighted by Crippen LogP contribution is -2.41. The summed E-state index contributed by atoms with van der Waals surface area (Å²) in [5.74, 6) is 0.00937. The maximum Gasteiger partial charge on any atom is 0.212 e. The Balaban J connectivity index is 3.88. The molecule has 2 atom stereocenters. The summed E-state index contributed by atoms with van der Waals surface area (Å²) in [6, 6.07) is -0.0907. The van der Waals surface area contributed by atoms with E-state index in [1.165, 1.54) is 0 Å². The van der Waals surface area contributed by atoms with E-state index in [-0.39, 0.29) is 17.4 Å². The second-order valence-corrected chi connectivity index (χ2v) is 3.94. The molecule has 0 saturated heterocycles. The van der Waals surface area contributed by atoms with Crippen molar-refractivity contribution in [3.05, 3.63) is 0 Å². The molecule has 0 bridgehead atoms. The van der Waals surface area contributed by atoms with Crippen LogP contribution in [0.15, 0.2) is 0 Å². The lowest BCUT2D eigenvalue weighted by Gasteiger charge is -2.19. The fraction of sp³-hybridized carbons (Fsp3) is 0.889. The van der Waals surface area contributed by atoms with Gasteiger partial charge >= 0.3 is 0 Å². The van der Waals surface area contributed by atoms with Crippen molar-refractivity contribution in [2.75, 3.05) is 19.8 Å². The molecule has 0 aromatic heterocycles. The van der Waals surface area contributed by atoms with E-state index in [1.807, 2.05) is 21.7 Å². The van der Waals surface area contributed by atoms with Gasteiger partial charge in [-0.3, -0.25) is 4.79 Å². The fourth-order valence-electron chi connectivity index (χ4n) is 0.977. The quantitative estimate of drug-likeness (QED) is 0.348. The number of amides is 1. The van der Waals surface area contributed by atoms with Crippen LogP contribution in [0.1, 0.15) is 13.8 Å². The van der Waals surface area contributed by atoms with E-state index in [4.69, 9.17) is 9.47 Å². The molecule has 0 spiro atoms. The van der Waals surface area contributed by atoms with Gasteiger partial charge < -0.3 is 14.8 Å². The van der Waals surface area contributed by atoms with Crippen LogP contribution in [0.5, 0.6) is 0 Å². The molecule has 0 rings (SSSR count). The topological polar surface area (TPSA) is 47.6 Å². The van der Waals surface area contributed by atoms with Crippen LogP contribution in [-0.4, -0.2) is 45.1 Å². The maximum absolute atomic E-state index is 11.2. The second kappa shape index (κ2) is 9.06. The second-order valence-electron chi connectivity index (χ2n) is 3.21. The van der Waals surface area contributed by atoms with Gasteiger partial charge in [0.25, 0.3) is 0 Å². The number of thiol groups is 1. The Bertz CT molecular complexity index is 181. The first kappa shape index (κ1) is 14.8. The summed E-state index contributed by atoms with van der Waals surface area (Å²) < 4.78 is 10.6. The minimum atomic E-state index is -0.132. The van der Waals surface area contributed by atoms with Crippen LogP contribution in [0.4, 0.5) is 0 Å². The number of ether oxygens (including phenoxy) is 2. The van der Waals surface area contributed by atoms with Crippen molar-refractivity contribution in [3.63, 3.8) is 0 Å². The summed E-state index contributed by atoms with van der Waals surface area (Å²) in [6.07, 6.45) is 0.471. The molecule has 2 unspecified atom stereocenters. The maximum atomic E-state index is 11.2. The normalized spacial score (nSPS) is 14.6. The standard InChI is InChI=1S/C9H20BNO3S/c1-3-13-5-8(6-14-7(2)15)11-9(12)4-10/h7-8,15H,3-6,10H2,1-2H3,(H,11,12). The third-order valence-electron chi connectivity index (χ3n) is 1.75. The van der Waals surface area contributed by atoms with Gasteiger partial charge in [0.15, 0.2) is 0 Å². The van der Waals surface area contributed by atoms with Gasteiger partial charge in [-0.05, 0) is 20.2 Å². The molecule has 0 radical (unpaired) electrons. The molecule has 0 saturated carbocycles. The summed E-state index contributed by atoms with van der Waals surface area (Å²) in [7, 11) is 1.81. The van der Waals surface area contributed by atoms with Crippen molar-refractivity contribution in [1.82, 2.24) is 5.32 Å². The van der Waals surface area contributed by atoms with Crippen LogP contribution < -0.4 is 5.32 Å². The van der Waals surface area contributed by atoms with Crippen molar-refractivity contribution in [3.8, 4) is 0 Å². The number of hydrogen-bond acceptors (Lipinski definition) is 4. The zero-order chi connectivity index (χ0) is 11.7. The van der Waals surface area contributed by atoms with Crippen LogP contribution >= 0.6 is 12.6 Å². The summed E-state index contributed by atoms with van der Waals surface area (Å²) in [5, 5.41) is 2.83. The van der Waals surface area contributed by atoms with E-state index < -0.39 is 0 Å². The lowest BCUT2D eigenvalue weighted by molar-refractivity contribution is -0.120. The first-order chi connectivity index (χ1) is 7.10. The van der Waals surface area contributed by atoms with E-state index in [2.05, 4.69) is 17.9 Å². The molecular formula is C9H20BNO3S. The number of rotatable bonds is 8. The van der Waals surface area contributed by atoms with Crippen LogP contribution in [0.3, 0.4) is 0 Å². The number of nitrogens with one attached hydrogen (secondary N) is 1. The highest BCUT2D eigenvalue weighted by atomic mass is 32.1. The molecule has 15 heavy (non-hydrogen) atoms. The molecule has 0 aliphatic rings. The summed E-state index contributed by atoms with van der Waals surface area (Å²) in [5.41, 5.74) is -0.132. The molecule has 1 N–H and O–H groups in total. The first-order valence-corrected chi connectivity index (χ1v) is 5.78. The summed E-state index contributed by atoms with van der Waals surface area (Å²) >= 11 is 4.10. The molecule has 6 heteroatoms. The van der Waals surface area contributed by atoms with Gasteiger partial charge in [-0.2, -0.15) is 0 Å². The highest BCUT2D eigenvalue weighted by Crippen LogP contribution is 1.98. The molecule has 0 aromatic carbocycles. The first-order valence-electron chi connectivity index (χ1n) is 5.26. The van der Waals surface area contributed by atoms with Crippen molar-refractivity contribution >= 4 is 26.4 Å². The SMILES string of the molecule is BCC(=O)NC(COCC)COC(C)S. The van der Waals surface area contributed by atoms with E-state index in [0.717, 1.165) is 0 Å². The predicted molar refractivity (Wildman–Crippen MR) is 66.2 cm³/mol. The largest absolute Gasteiger partial charge is 0.380 e. The van der Waals surface area contributed by atoms with Crippen molar-refractivity contribution in [2.45, 2.75) is 31.6 Å². The third kappa shape index (κ3) is 8.78. The van der Waals surface area contributed by atoms with Crippen molar-refractivity contribution in [1.29, 1.82) is 0 Å². The molecule has 0 aliphatic heterocycles. The Labute approximate surface area is 97.9 Å². The monoisotopic (exact) mass is 233 g/mol. The predicted octanol–water partition coefficient (Wildman–Crippen LogP) is -0.149. The molecular weight excluding hydrogens is 213 g/mol. The highest BCUT2D eigenvalue weighted by Gasteiger charge is 2.12. The number of hydrogen-bond donors (Lipinski definition) is 2. The van der Waals surface area contributed by atoms with Crippen LogP contribution in [-0.2, 0) is 14.3 Å². The minimum Gasteiger partial charge on any atom is -0.380 e. The van der Waals surface area contributed by atoms with Crippen LogP contribution in [0.2, 0.25) is 6.32 Å². The summed E-state index contributed by atoms with van der Waals surface area (Å²) in [4.78, 5) is 11.2. The van der Waals surface area contributed by atoms with Crippen molar-refractivity contribution < 1.29 is 14.3 Å². The molecule has 0 heterocycles. The molecule has 0 aromatic rings. The highest BCUT2D eigenvalue weighted by molar-refractivity contribution is 7.80. The Hall–Kier alpha value is -0.195. The van der Waals surface area contributed by atoms with Crippen LogP contribution in [0.25, 0.3) is 0 Å². The van der Waals surface area contributed by atoms with Gasteiger partial charge in [-0.1, -0.05) is 0 Å². The van der Waals surface area contributed by atoms with E-state index in [9.17, 15) is 4.79 Å². The van der Waals surface area contributed by atoms with Gasteiger partial charge in [-0.15, -0.1) is 12.6 Å².